The van der Waals surface area contributed by atoms with Gasteiger partial charge in [-0.3, -0.25) is 9.59 Å². The van der Waals surface area contributed by atoms with E-state index in [0.29, 0.717) is 18.8 Å². The number of aliphatic hydroxyl groups is 2. The van der Waals surface area contributed by atoms with Crippen LogP contribution >= 0.6 is 11.8 Å². The van der Waals surface area contributed by atoms with Crippen LogP contribution in [0, 0.1) is 0 Å². The molecule has 36 heavy (non-hydrogen) atoms. The molecule has 9 nitrogen and oxygen atoms in total. The molecule has 2 rings (SSSR count). The van der Waals surface area contributed by atoms with Crippen molar-refractivity contribution >= 4 is 46.8 Å². The van der Waals surface area contributed by atoms with Crippen LogP contribution in [-0.4, -0.2) is 65.5 Å². The van der Waals surface area contributed by atoms with E-state index in [1.807, 2.05) is 77.3 Å². The van der Waals surface area contributed by atoms with E-state index < -0.39 is 0 Å². The van der Waals surface area contributed by atoms with Gasteiger partial charge in [-0.2, -0.15) is 14.2 Å². The number of aromatic nitrogens is 1. The molecule has 0 aliphatic carbocycles. The minimum atomic E-state index is -0.0733. The number of anilines is 1. The Kier molecular flexibility index (Phi) is 15.4. The number of nitrogens with one attached hydrogen (secondary N) is 1. The van der Waals surface area contributed by atoms with Crippen LogP contribution in [0.2, 0.25) is 0 Å². The van der Waals surface area contributed by atoms with Crippen LogP contribution in [0.25, 0.3) is 12.2 Å². The Morgan fingerprint density at radius 3 is 2.03 bits per heavy atom. The fourth-order valence-electron chi connectivity index (χ4n) is 3.20. The number of nitrogens with zero attached hydrogens (tertiary/aromatic N) is 2. The fraction of sp³-hybridized carbons (Fsp3) is 0.385. The lowest BCUT2D eigenvalue weighted by Gasteiger charge is -2.22. The van der Waals surface area contributed by atoms with Gasteiger partial charge < -0.3 is 20.4 Å². The molecule has 1 aromatic carbocycles. The number of pyridine rings is 1. The summed E-state index contributed by atoms with van der Waals surface area (Å²) in [5.41, 5.74) is 3.01. The highest BCUT2D eigenvalue weighted by Gasteiger charge is 2.15. The average Bonchev–Trinajstić information content (AvgIpc) is 2.86. The number of hydrogen-bond acceptors (Lipinski definition) is 8. The minimum Gasteiger partial charge on any atom is -0.395 e. The molecule has 194 valence electrons. The van der Waals surface area contributed by atoms with Gasteiger partial charge in [0.1, 0.15) is 0 Å². The summed E-state index contributed by atoms with van der Waals surface area (Å²) in [5.74, 6) is 0.518. The Morgan fingerprint density at radius 1 is 1.03 bits per heavy atom. The molecule has 0 saturated heterocycles. The van der Waals surface area contributed by atoms with E-state index in [1.165, 1.54) is 18.7 Å². The molecule has 0 aliphatic heterocycles. The highest BCUT2D eigenvalue weighted by molar-refractivity contribution is 8.13. The Labute approximate surface area is 215 Å². The van der Waals surface area contributed by atoms with Crippen molar-refractivity contribution in [1.82, 2.24) is 5.32 Å². The SMILES string of the molecule is CCC(CSC(C)=O)NC(=O)C[n+]1ccc(/C=C/c2ccc(N(CCO)CCO)cc2)cc1.O=C=O. The summed E-state index contributed by atoms with van der Waals surface area (Å²) in [7, 11) is 0. The Balaban J connectivity index is 0.00000205. The van der Waals surface area contributed by atoms with Gasteiger partial charge in [0.25, 0.3) is 5.91 Å². The first-order valence-corrected chi connectivity index (χ1v) is 12.5. The first kappa shape index (κ1) is 30.7. The van der Waals surface area contributed by atoms with Crippen molar-refractivity contribution in [1.29, 1.82) is 0 Å². The van der Waals surface area contributed by atoms with E-state index in [-0.39, 0.29) is 43.0 Å². The van der Waals surface area contributed by atoms with Crippen LogP contribution in [-0.2, 0) is 25.7 Å². The van der Waals surface area contributed by atoms with Gasteiger partial charge in [0.05, 0.1) is 13.2 Å². The van der Waals surface area contributed by atoms with Gasteiger partial charge in [-0.05, 0) is 29.7 Å². The molecule has 1 amide bonds. The lowest BCUT2D eigenvalue weighted by atomic mass is 10.1. The molecule has 0 saturated carbocycles. The number of rotatable bonds is 13. The summed E-state index contributed by atoms with van der Waals surface area (Å²) in [6.07, 6.45) is 8.79. The van der Waals surface area contributed by atoms with Crippen molar-refractivity contribution in [3.63, 3.8) is 0 Å². The van der Waals surface area contributed by atoms with Gasteiger partial charge in [0.2, 0.25) is 6.54 Å². The smallest absolute Gasteiger partial charge is 0.373 e. The quantitative estimate of drug-likeness (QED) is 0.342. The lowest BCUT2D eigenvalue weighted by Crippen LogP contribution is -2.46. The number of amides is 1. The van der Waals surface area contributed by atoms with Gasteiger partial charge >= 0.3 is 6.15 Å². The first-order valence-electron chi connectivity index (χ1n) is 11.5. The third kappa shape index (κ3) is 12.4. The van der Waals surface area contributed by atoms with E-state index in [0.717, 1.165) is 23.2 Å². The second-order valence-corrected chi connectivity index (χ2v) is 8.92. The molecular weight excluding hydrogens is 482 g/mol. The van der Waals surface area contributed by atoms with Gasteiger partial charge in [-0.15, -0.1) is 0 Å². The van der Waals surface area contributed by atoms with E-state index in [2.05, 4.69) is 5.32 Å². The molecule has 10 heteroatoms. The zero-order valence-electron chi connectivity index (χ0n) is 20.6. The molecule has 0 radical (unpaired) electrons. The van der Waals surface area contributed by atoms with Crippen LogP contribution < -0.4 is 14.8 Å². The normalized spacial score (nSPS) is 11.2. The predicted molar refractivity (Wildman–Crippen MR) is 139 cm³/mol. The molecule has 1 unspecified atom stereocenters. The molecule has 0 fully saturated rings. The molecule has 0 aliphatic rings. The molecule has 1 aromatic heterocycles. The van der Waals surface area contributed by atoms with Crippen LogP contribution in [0.15, 0.2) is 48.8 Å². The zero-order valence-corrected chi connectivity index (χ0v) is 21.4. The Bertz CT molecular complexity index is 984. The third-order valence-corrected chi connectivity index (χ3v) is 6.03. The van der Waals surface area contributed by atoms with E-state index in [9.17, 15) is 19.8 Å². The molecule has 1 atom stereocenters. The Hall–Kier alpha value is -3.30. The van der Waals surface area contributed by atoms with Gasteiger partial charge in [0.15, 0.2) is 17.5 Å². The fourth-order valence-corrected chi connectivity index (χ4v) is 3.96. The maximum absolute atomic E-state index is 12.3. The highest BCUT2D eigenvalue weighted by Crippen LogP contribution is 2.16. The van der Waals surface area contributed by atoms with E-state index in [4.69, 9.17) is 9.59 Å². The van der Waals surface area contributed by atoms with Crippen molar-refractivity contribution < 1.29 is 34.0 Å². The van der Waals surface area contributed by atoms with Gasteiger partial charge in [-0.25, -0.2) is 0 Å². The summed E-state index contributed by atoms with van der Waals surface area (Å²) in [4.78, 5) is 41.6. The minimum absolute atomic E-state index is 0.0139. The van der Waals surface area contributed by atoms with Crippen LogP contribution in [0.1, 0.15) is 31.4 Å². The predicted octanol–water partition coefficient (Wildman–Crippen LogP) is 1.53. The highest BCUT2D eigenvalue weighted by atomic mass is 32.2. The number of thioether (sulfide) groups is 1. The van der Waals surface area contributed by atoms with Gasteiger partial charge in [0, 0.05) is 49.6 Å². The van der Waals surface area contributed by atoms with Crippen molar-refractivity contribution in [2.24, 2.45) is 0 Å². The molecular formula is C26H34N3O6S+. The number of benzene rings is 1. The summed E-state index contributed by atoms with van der Waals surface area (Å²) < 4.78 is 1.82. The van der Waals surface area contributed by atoms with E-state index in [1.54, 1.807) is 0 Å². The van der Waals surface area contributed by atoms with Crippen LogP contribution in [0.4, 0.5) is 5.69 Å². The zero-order chi connectivity index (χ0) is 26.8. The summed E-state index contributed by atoms with van der Waals surface area (Å²) in [6, 6.07) is 11.8. The summed E-state index contributed by atoms with van der Waals surface area (Å²) in [5, 5.41) is 21.4. The lowest BCUT2D eigenvalue weighted by molar-refractivity contribution is -0.684. The van der Waals surface area contributed by atoms with Gasteiger partial charge in [-0.1, -0.05) is 43.0 Å². The second kappa shape index (κ2) is 18.0. The number of hydrogen-bond donors (Lipinski definition) is 3. The number of aliphatic hydroxyl groups excluding tert-OH is 2. The maximum Gasteiger partial charge on any atom is 0.373 e. The van der Waals surface area contributed by atoms with Crippen LogP contribution in [0.5, 0.6) is 0 Å². The molecule has 2 aromatic rings. The number of carbonyl (C=O) groups excluding carboxylic acids is 4. The third-order valence-electron chi connectivity index (χ3n) is 5.06. The second-order valence-electron chi connectivity index (χ2n) is 7.72. The Morgan fingerprint density at radius 2 is 1.56 bits per heavy atom. The number of carbonyl (C=O) groups is 2. The van der Waals surface area contributed by atoms with Crippen molar-refractivity contribution in [2.45, 2.75) is 32.9 Å². The van der Waals surface area contributed by atoms with E-state index >= 15 is 0 Å². The van der Waals surface area contributed by atoms with Crippen molar-refractivity contribution in [3.8, 4) is 0 Å². The molecule has 3 N–H and O–H groups in total. The summed E-state index contributed by atoms with van der Waals surface area (Å²) >= 11 is 1.23. The monoisotopic (exact) mass is 516 g/mol. The van der Waals surface area contributed by atoms with Crippen molar-refractivity contribution in [2.75, 3.05) is 37.0 Å². The molecule has 0 spiro atoms. The van der Waals surface area contributed by atoms with Crippen molar-refractivity contribution in [3.05, 3.63) is 59.9 Å². The molecule has 1 heterocycles. The standard InChI is InChI=1S/C25H33N3O4S.CO2/c1-3-23(19-33-20(2)31)26-25(32)18-27-12-10-22(11-13-27)5-4-21-6-8-24(9-7-21)28(14-16-29)15-17-30;2-1-3/h4-13,23,29-30H,3,14-19H2,1-2H3;/p+1. The van der Waals surface area contributed by atoms with Crippen LogP contribution in [0.3, 0.4) is 0 Å². The first-order chi connectivity index (χ1) is 17.4. The maximum atomic E-state index is 12.3. The average molecular weight is 517 g/mol. The molecule has 0 bridgehead atoms. The largest absolute Gasteiger partial charge is 0.395 e. The summed E-state index contributed by atoms with van der Waals surface area (Å²) in [6.45, 7) is 4.79. The topological polar surface area (TPSA) is 128 Å².